The molecule has 0 saturated heterocycles. The molecule has 0 radical (unpaired) electrons. The number of hydrogen-bond acceptors (Lipinski definition) is 5. The number of hydrogen-bond donors (Lipinski definition) is 1. The van der Waals surface area contributed by atoms with Gasteiger partial charge in [0.1, 0.15) is 0 Å². The molecule has 3 nitrogen and oxygen atoms in total. The maximum absolute atomic E-state index is 5.84. The molecule has 0 unspecified atom stereocenters. The van der Waals surface area contributed by atoms with Crippen molar-refractivity contribution in [1.82, 2.24) is 4.72 Å². The fourth-order valence-electron chi connectivity index (χ4n) is 2.04. The van der Waals surface area contributed by atoms with Crippen molar-refractivity contribution in [3.63, 3.8) is 0 Å². The fourth-order valence-corrected chi connectivity index (χ4v) is 6.39. The van der Waals surface area contributed by atoms with Crippen LogP contribution in [0.4, 0.5) is 0 Å². The maximum Gasteiger partial charge on any atom is 0.334 e. The quantitative estimate of drug-likeness (QED) is 0.259. The van der Waals surface area contributed by atoms with Crippen LogP contribution in [-0.4, -0.2) is 27.5 Å². The van der Waals surface area contributed by atoms with Crippen LogP contribution in [0.25, 0.3) is 0 Å². The van der Waals surface area contributed by atoms with E-state index in [1.165, 1.54) is 5.56 Å². The van der Waals surface area contributed by atoms with Crippen LogP contribution < -0.4 is 4.72 Å². The summed E-state index contributed by atoms with van der Waals surface area (Å²) in [5.74, 6) is 1.12. The van der Waals surface area contributed by atoms with Crippen LogP contribution in [0.2, 0.25) is 12.6 Å². The van der Waals surface area contributed by atoms with Gasteiger partial charge < -0.3 is 8.85 Å². The van der Waals surface area contributed by atoms with Crippen LogP contribution >= 0.6 is 21.8 Å². The second-order valence-corrected chi connectivity index (χ2v) is 10.5. The summed E-state index contributed by atoms with van der Waals surface area (Å²) in [4.78, 5) is 0. The van der Waals surface area contributed by atoms with Gasteiger partial charge in [0.2, 0.25) is 0 Å². The van der Waals surface area contributed by atoms with Gasteiger partial charge in [-0.05, 0) is 49.4 Å². The molecule has 1 rings (SSSR count). The van der Waals surface area contributed by atoms with E-state index in [1.807, 2.05) is 30.7 Å². The lowest BCUT2D eigenvalue weighted by atomic mass is 10.2. The van der Waals surface area contributed by atoms with Gasteiger partial charge in [0, 0.05) is 25.5 Å². The van der Waals surface area contributed by atoms with Gasteiger partial charge in [0.15, 0.2) is 0 Å². The van der Waals surface area contributed by atoms with E-state index >= 15 is 0 Å². The first-order valence-corrected chi connectivity index (χ1v) is 12.4. The van der Waals surface area contributed by atoms with Crippen molar-refractivity contribution < 1.29 is 8.85 Å². The highest BCUT2D eigenvalue weighted by molar-refractivity contribution is 8.76. The minimum atomic E-state index is -1.91. The molecule has 0 aliphatic carbocycles. The van der Waals surface area contributed by atoms with E-state index < -0.39 is 8.56 Å². The Labute approximate surface area is 138 Å². The Kier molecular flexibility index (Phi) is 10.5. The topological polar surface area (TPSA) is 30.5 Å². The third-order valence-electron chi connectivity index (χ3n) is 2.99. The minimum absolute atomic E-state index is 0.753. The zero-order valence-electron chi connectivity index (χ0n) is 13.3. The lowest BCUT2D eigenvalue weighted by Crippen LogP contribution is -2.38. The van der Waals surface area contributed by atoms with Gasteiger partial charge in [0.05, 0.1) is 0 Å². The second-order valence-electron chi connectivity index (χ2n) is 4.82. The van der Waals surface area contributed by atoms with E-state index in [-0.39, 0.29) is 0 Å². The third-order valence-corrected chi connectivity index (χ3v) is 8.10. The first-order valence-electron chi connectivity index (χ1n) is 7.53. The van der Waals surface area contributed by atoms with Crippen molar-refractivity contribution >= 4 is 30.3 Å². The highest BCUT2D eigenvalue weighted by atomic mass is 33.1. The maximum atomic E-state index is 5.84. The number of benzene rings is 1. The summed E-state index contributed by atoms with van der Waals surface area (Å²) in [7, 11) is 1.68. The van der Waals surface area contributed by atoms with Crippen molar-refractivity contribution in [2.75, 3.05) is 19.0 Å². The Bertz CT molecular complexity index is 362. The first-order chi connectivity index (χ1) is 10.2. The van der Waals surface area contributed by atoms with Crippen molar-refractivity contribution in [1.29, 1.82) is 0 Å². The Morgan fingerprint density at radius 1 is 1.10 bits per heavy atom. The molecule has 6 heteroatoms. The summed E-state index contributed by atoms with van der Waals surface area (Å²) < 4.78 is 15.1. The zero-order valence-corrected chi connectivity index (χ0v) is 15.9. The Balaban J connectivity index is 2.05. The van der Waals surface area contributed by atoms with Gasteiger partial charge in [-0.25, -0.2) is 0 Å². The van der Waals surface area contributed by atoms with Crippen molar-refractivity contribution in [2.45, 2.75) is 39.4 Å². The zero-order chi connectivity index (χ0) is 15.4. The van der Waals surface area contributed by atoms with Crippen LogP contribution in [0.15, 0.2) is 30.3 Å². The van der Waals surface area contributed by atoms with Crippen LogP contribution in [0, 0.1) is 0 Å². The smallest absolute Gasteiger partial charge is 0.334 e. The molecule has 0 bridgehead atoms. The Hall–Kier alpha value is 0.0169. The molecule has 0 spiro atoms. The molecule has 21 heavy (non-hydrogen) atoms. The van der Waals surface area contributed by atoms with E-state index in [0.717, 1.165) is 38.0 Å². The molecule has 120 valence electrons. The minimum Gasteiger partial charge on any atom is -0.395 e. The van der Waals surface area contributed by atoms with E-state index in [1.54, 1.807) is 11.0 Å². The van der Waals surface area contributed by atoms with Gasteiger partial charge in [-0.3, -0.25) is 4.72 Å². The second kappa shape index (κ2) is 11.6. The summed E-state index contributed by atoms with van der Waals surface area (Å²) in [6.45, 7) is 8.67. The molecule has 0 atom stereocenters. The summed E-state index contributed by atoms with van der Waals surface area (Å²) in [6, 6.07) is 11.5. The highest BCUT2D eigenvalue weighted by Crippen LogP contribution is 2.23. The predicted octanol–water partition coefficient (Wildman–Crippen LogP) is 4.61. The molecule has 0 aliphatic rings. The summed E-state index contributed by atoms with van der Waals surface area (Å²) in [5, 5.41) is 0. The predicted molar refractivity (Wildman–Crippen MR) is 97.6 cm³/mol. The Morgan fingerprint density at radius 3 is 2.38 bits per heavy atom. The van der Waals surface area contributed by atoms with Gasteiger partial charge in [-0.2, -0.15) is 0 Å². The molecule has 0 amide bonds. The summed E-state index contributed by atoms with van der Waals surface area (Å²) in [5.41, 5.74) is 1.32. The number of rotatable bonds is 12. The lowest BCUT2D eigenvalue weighted by molar-refractivity contribution is 0.189. The molecule has 1 aromatic carbocycles. The molecule has 1 aromatic rings. The highest BCUT2D eigenvalue weighted by Gasteiger charge is 2.29. The van der Waals surface area contributed by atoms with Crippen molar-refractivity contribution in [3.8, 4) is 0 Å². The summed E-state index contributed by atoms with van der Waals surface area (Å²) >= 11 is 0. The van der Waals surface area contributed by atoms with E-state index in [4.69, 9.17) is 8.85 Å². The largest absolute Gasteiger partial charge is 0.395 e. The Morgan fingerprint density at radius 2 is 1.76 bits per heavy atom. The fraction of sp³-hybridized carbons (Fsp3) is 0.600. The molecule has 1 N–H and O–H groups in total. The van der Waals surface area contributed by atoms with Gasteiger partial charge in [0.25, 0.3) is 0 Å². The molecule has 0 saturated carbocycles. The van der Waals surface area contributed by atoms with Crippen molar-refractivity contribution in [3.05, 3.63) is 35.9 Å². The SMILES string of the molecule is CCO[Si](C)(CCCSSNCc1ccccc1)OCC. The van der Waals surface area contributed by atoms with Gasteiger partial charge >= 0.3 is 8.56 Å². The van der Waals surface area contributed by atoms with Crippen LogP contribution in [0.1, 0.15) is 25.8 Å². The third kappa shape index (κ3) is 8.90. The van der Waals surface area contributed by atoms with Crippen LogP contribution in [0.5, 0.6) is 0 Å². The molecular weight excluding hydrogens is 318 g/mol. The number of nitrogens with one attached hydrogen (secondary N) is 1. The van der Waals surface area contributed by atoms with E-state index in [0.29, 0.717) is 0 Å². The molecule has 0 fully saturated rings. The molecule has 0 aliphatic heterocycles. The monoisotopic (exact) mass is 345 g/mol. The van der Waals surface area contributed by atoms with E-state index in [9.17, 15) is 0 Å². The molecular formula is C15H27NO2S2Si. The van der Waals surface area contributed by atoms with Crippen LogP contribution in [-0.2, 0) is 15.4 Å². The molecule has 0 aromatic heterocycles. The molecule has 0 heterocycles. The van der Waals surface area contributed by atoms with Crippen molar-refractivity contribution in [2.24, 2.45) is 0 Å². The average Bonchev–Trinajstić information content (AvgIpc) is 2.48. The van der Waals surface area contributed by atoms with Crippen LogP contribution in [0.3, 0.4) is 0 Å². The average molecular weight is 346 g/mol. The van der Waals surface area contributed by atoms with Gasteiger partial charge in [-0.1, -0.05) is 41.1 Å². The lowest BCUT2D eigenvalue weighted by Gasteiger charge is -2.25. The summed E-state index contributed by atoms with van der Waals surface area (Å²) in [6.07, 6.45) is 1.15. The van der Waals surface area contributed by atoms with Gasteiger partial charge in [-0.15, -0.1) is 0 Å². The standard InChI is InChI=1S/C15H27NO2S2Si/c1-4-17-21(3,18-5-2)13-9-12-19-20-16-14-15-10-7-6-8-11-15/h6-8,10-11,16H,4-5,9,12-14H2,1-3H3. The van der Waals surface area contributed by atoms with E-state index in [2.05, 4.69) is 35.5 Å². The first kappa shape index (κ1) is 19.1. The normalized spacial score (nSPS) is 11.8.